The van der Waals surface area contributed by atoms with Crippen LogP contribution < -0.4 is 4.90 Å². The number of alkyl halides is 2. The third-order valence-corrected chi connectivity index (χ3v) is 2.53. The first kappa shape index (κ1) is 9.84. The quantitative estimate of drug-likeness (QED) is 0.743. The van der Waals surface area contributed by atoms with E-state index in [1.165, 1.54) is 6.20 Å². The van der Waals surface area contributed by atoms with Gasteiger partial charge in [0.2, 0.25) is 6.43 Å². The van der Waals surface area contributed by atoms with Crippen LogP contribution in [0.15, 0.2) is 18.5 Å². The van der Waals surface area contributed by atoms with Crippen molar-refractivity contribution in [3.05, 3.63) is 24.0 Å². The molecule has 3 nitrogen and oxygen atoms in total. The van der Waals surface area contributed by atoms with E-state index in [2.05, 4.69) is 4.98 Å². The van der Waals surface area contributed by atoms with Crippen LogP contribution in [0.2, 0.25) is 0 Å². The van der Waals surface area contributed by atoms with Crippen LogP contribution in [0.4, 0.5) is 14.5 Å². The molecule has 1 aliphatic rings. The Bertz CT molecular complexity index is 394. The highest BCUT2D eigenvalue weighted by Crippen LogP contribution is 2.29. The molecule has 0 radical (unpaired) electrons. The van der Waals surface area contributed by atoms with Gasteiger partial charge in [-0.25, -0.2) is 8.78 Å². The highest BCUT2D eigenvalue weighted by Gasteiger charge is 2.34. The summed E-state index contributed by atoms with van der Waals surface area (Å²) in [5.41, 5.74) is 1.13. The van der Waals surface area contributed by atoms with E-state index >= 15 is 0 Å². The van der Waals surface area contributed by atoms with E-state index in [1.807, 2.05) is 6.07 Å². The molecule has 1 aromatic rings. The normalized spacial score (nSPS) is 16.3. The Morgan fingerprint density at radius 1 is 1.53 bits per heavy atom. The number of hydrogen-bond donors (Lipinski definition) is 0. The van der Waals surface area contributed by atoms with Crippen molar-refractivity contribution in [2.75, 3.05) is 18.0 Å². The summed E-state index contributed by atoms with van der Waals surface area (Å²) in [4.78, 5) is 5.64. The highest BCUT2D eigenvalue weighted by molar-refractivity contribution is 5.59. The van der Waals surface area contributed by atoms with Gasteiger partial charge in [-0.2, -0.15) is 5.26 Å². The van der Waals surface area contributed by atoms with Crippen LogP contribution in [-0.2, 0) is 0 Å². The summed E-state index contributed by atoms with van der Waals surface area (Å²) in [5, 5.41) is 8.81. The van der Waals surface area contributed by atoms with Crippen molar-refractivity contribution >= 4 is 5.69 Å². The Morgan fingerprint density at radius 3 is 2.87 bits per heavy atom. The van der Waals surface area contributed by atoms with Crippen LogP contribution in [0, 0.1) is 17.2 Å². The standard InChI is InChI=1S/C10H9F2N3/c11-10(12)8-5-15(6-8)9-4-14-2-1-7(9)3-13/h1-2,4,8,10H,5-6H2. The fourth-order valence-corrected chi connectivity index (χ4v) is 1.60. The minimum atomic E-state index is -2.27. The van der Waals surface area contributed by atoms with Crippen LogP contribution in [0.3, 0.4) is 0 Å². The zero-order chi connectivity index (χ0) is 10.8. The molecule has 0 amide bonds. The van der Waals surface area contributed by atoms with Gasteiger partial charge in [-0.1, -0.05) is 0 Å². The Kier molecular flexibility index (Phi) is 2.50. The Hall–Kier alpha value is -1.70. The molecule has 2 heterocycles. The second kappa shape index (κ2) is 3.81. The minimum absolute atomic E-state index is 0.304. The van der Waals surface area contributed by atoms with Gasteiger partial charge in [0.15, 0.2) is 0 Å². The van der Waals surface area contributed by atoms with Gasteiger partial charge in [0.25, 0.3) is 0 Å². The molecule has 2 rings (SSSR count). The molecule has 0 N–H and O–H groups in total. The summed E-state index contributed by atoms with van der Waals surface area (Å²) >= 11 is 0. The van der Waals surface area contributed by atoms with E-state index in [4.69, 9.17) is 5.26 Å². The number of pyridine rings is 1. The first-order chi connectivity index (χ1) is 7.22. The lowest BCUT2D eigenvalue weighted by Gasteiger charge is -2.40. The minimum Gasteiger partial charge on any atom is -0.368 e. The maximum Gasteiger partial charge on any atom is 0.244 e. The summed E-state index contributed by atoms with van der Waals surface area (Å²) in [6, 6.07) is 3.61. The summed E-state index contributed by atoms with van der Waals surface area (Å²) in [7, 11) is 0. The van der Waals surface area contributed by atoms with Gasteiger partial charge in [0.1, 0.15) is 6.07 Å². The third kappa shape index (κ3) is 1.75. The SMILES string of the molecule is N#Cc1ccncc1N1CC(C(F)F)C1. The summed E-state index contributed by atoms with van der Waals surface area (Å²) in [6.45, 7) is 0.607. The Balaban J connectivity index is 2.10. The molecular formula is C10H9F2N3. The summed E-state index contributed by atoms with van der Waals surface area (Å²) in [6.07, 6.45) is 0.788. The summed E-state index contributed by atoms with van der Waals surface area (Å²) in [5.74, 6) is -0.572. The maximum absolute atomic E-state index is 12.2. The smallest absolute Gasteiger partial charge is 0.244 e. The van der Waals surface area contributed by atoms with E-state index in [0.29, 0.717) is 24.3 Å². The molecule has 1 fully saturated rings. The van der Waals surface area contributed by atoms with Crippen molar-refractivity contribution in [3.8, 4) is 6.07 Å². The number of rotatable bonds is 2. The van der Waals surface area contributed by atoms with Gasteiger partial charge in [0.05, 0.1) is 23.4 Å². The van der Waals surface area contributed by atoms with Crippen LogP contribution >= 0.6 is 0 Å². The number of hydrogen-bond acceptors (Lipinski definition) is 3. The van der Waals surface area contributed by atoms with Crippen LogP contribution in [0.1, 0.15) is 5.56 Å². The predicted molar refractivity (Wildman–Crippen MR) is 50.7 cm³/mol. The molecule has 0 unspecified atom stereocenters. The molecule has 0 spiro atoms. The van der Waals surface area contributed by atoms with Crippen molar-refractivity contribution < 1.29 is 8.78 Å². The Labute approximate surface area is 86.0 Å². The zero-order valence-corrected chi connectivity index (χ0v) is 7.90. The first-order valence-corrected chi connectivity index (χ1v) is 4.59. The Morgan fingerprint density at radius 2 is 2.27 bits per heavy atom. The van der Waals surface area contributed by atoms with Gasteiger partial charge in [-0.05, 0) is 6.07 Å². The number of nitrogens with zero attached hydrogens (tertiary/aromatic N) is 3. The van der Waals surface area contributed by atoms with Crippen molar-refractivity contribution in [3.63, 3.8) is 0 Å². The number of anilines is 1. The molecule has 1 aromatic heterocycles. The maximum atomic E-state index is 12.2. The molecule has 78 valence electrons. The zero-order valence-electron chi connectivity index (χ0n) is 7.90. The molecule has 1 saturated heterocycles. The van der Waals surface area contributed by atoms with E-state index < -0.39 is 12.3 Å². The van der Waals surface area contributed by atoms with Crippen molar-refractivity contribution in [1.82, 2.24) is 4.98 Å². The van der Waals surface area contributed by atoms with E-state index in [1.54, 1.807) is 17.2 Å². The van der Waals surface area contributed by atoms with Crippen LogP contribution in [-0.4, -0.2) is 24.5 Å². The van der Waals surface area contributed by atoms with Crippen molar-refractivity contribution in [2.45, 2.75) is 6.43 Å². The molecule has 0 atom stereocenters. The fraction of sp³-hybridized carbons (Fsp3) is 0.400. The number of halogens is 2. The average molecular weight is 209 g/mol. The predicted octanol–water partition coefficient (Wildman–Crippen LogP) is 1.65. The lowest BCUT2D eigenvalue weighted by Crippen LogP contribution is -2.50. The van der Waals surface area contributed by atoms with Crippen LogP contribution in [0.5, 0.6) is 0 Å². The van der Waals surface area contributed by atoms with Gasteiger partial charge in [-0.15, -0.1) is 0 Å². The lowest BCUT2D eigenvalue weighted by atomic mass is 9.99. The second-order valence-electron chi connectivity index (χ2n) is 3.50. The van der Waals surface area contributed by atoms with Gasteiger partial charge in [0, 0.05) is 19.3 Å². The second-order valence-corrected chi connectivity index (χ2v) is 3.50. The van der Waals surface area contributed by atoms with Crippen LogP contribution in [0.25, 0.3) is 0 Å². The molecule has 15 heavy (non-hydrogen) atoms. The molecular weight excluding hydrogens is 200 g/mol. The molecule has 0 bridgehead atoms. The monoisotopic (exact) mass is 209 g/mol. The van der Waals surface area contributed by atoms with E-state index in [-0.39, 0.29) is 0 Å². The molecule has 5 heteroatoms. The first-order valence-electron chi connectivity index (χ1n) is 4.59. The van der Waals surface area contributed by atoms with Crippen molar-refractivity contribution in [2.24, 2.45) is 5.92 Å². The number of nitriles is 1. The average Bonchev–Trinajstić information content (AvgIpc) is 2.15. The molecule has 0 aromatic carbocycles. The highest BCUT2D eigenvalue weighted by atomic mass is 19.3. The third-order valence-electron chi connectivity index (χ3n) is 2.53. The summed E-state index contributed by atoms with van der Waals surface area (Å²) < 4.78 is 24.5. The van der Waals surface area contributed by atoms with Crippen molar-refractivity contribution in [1.29, 1.82) is 5.26 Å². The van der Waals surface area contributed by atoms with Gasteiger partial charge in [-0.3, -0.25) is 4.98 Å². The van der Waals surface area contributed by atoms with Gasteiger partial charge >= 0.3 is 0 Å². The molecule has 1 aliphatic heterocycles. The van der Waals surface area contributed by atoms with E-state index in [9.17, 15) is 8.78 Å². The molecule has 0 saturated carbocycles. The lowest BCUT2D eigenvalue weighted by molar-refractivity contribution is 0.0614. The fourth-order valence-electron chi connectivity index (χ4n) is 1.60. The molecule has 0 aliphatic carbocycles. The number of aromatic nitrogens is 1. The van der Waals surface area contributed by atoms with Gasteiger partial charge < -0.3 is 4.90 Å². The topological polar surface area (TPSA) is 39.9 Å². The largest absolute Gasteiger partial charge is 0.368 e. The van der Waals surface area contributed by atoms with E-state index in [0.717, 1.165) is 0 Å².